The molecule has 0 saturated carbocycles. The van der Waals surface area contributed by atoms with E-state index >= 15 is 0 Å². The van der Waals surface area contributed by atoms with Gasteiger partial charge in [-0.25, -0.2) is 0 Å². The number of hydrogen-bond acceptors (Lipinski definition) is 8. The summed E-state index contributed by atoms with van der Waals surface area (Å²) in [6.45, 7) is 6.05. The van der Waals surface area contributed by atoms with Crippen molar-refractivity contribution in [1.29, 1.82) is 0 Å². The monoisotopic (exact) mass is 2110 g/mol. The molecule has 1 aliphatic rings. The topological polar surface area (TPSA) is 117 Å². The van der Waals surface area contributed by atoms with Crippen LogP contribution in [-0.4, -0.2) is 55.0 Å². The molecule has 15 heteroatoms. The van der Waals surface area contributed by atoms with Crippen LogP contribution < -0.4 is 0 Å². The summed E-state index contributed by atoms with van der Waals surface area (Å²) in [7, 11) is 0. The predicted molar refractivity (Wildman–Crippen MR) is 407 cm³/mol. The molecule has 1 aliphatic heterocycles. The third-order valence-electron chi connectivity index (χ3n) is 16.8. The Morgan fingerprint density at radius 1 is 0.327 bits per heavy atom. The minimum absolute atomic E-state index is 0. The molecule has 8 aromatic carbocycles. The van der Waals surface area contributed by atoms with E-state index in [1.54, 1.807) is 6.20 Å². The van der Waals surface area contributed by atoms with Crippen molar-refractivity contribution in [3.63, 3.8) is 0 Å². The van der Waals surface area contributed by atoms with Crippen molar-refractivity contribution >= 4 is 5.71 Å². The zero-order valence-corrected chi connectivity index (χ0v) is 68.3. The number of nitrogens with zero attached hydrogens (tertiary/aromatic N) is 11. The minimum atomic E-state index is 0. The molecule has 0 fully saturated rings. The number of aromatic nitrogens is 10. The first-order valence-corrected chi connectivity index (χ1v) is 34.6. The van der Waals surface area contributed by atoms with E-state index in [-0.39, 0.29) is 84.3 Å². The maximum atomic E-state index is 4.82. The van der Waals surface area contributed by atoms with E-state index in [1.807, 2.05) is 162 Å². The molecule has 0 saturated heterocycles. The second-order valence-electron chi connectivity index (χ2n) is 25.1. The molecule has 0 bridgehead atoms. The molecule has 0 unspecified atom stereocenters. The van der Waals surface area contributed by atoms with Gasteiger partial charge in [0.25, 0.3) is 0 Å². The Morgan fingerprint density at radius 2 is 0.692 bits per heavy atom. The van der Waals surface area contributed by atoms with Crippen LogP contribution in [0.4, 0.5) is 0 Å². The summed E-state index contributed by atoms with van der Waals surface area (Å²) in [5, 5.41) is 13.3. The van der Waals surface area contributed by atoms with Gasteiger partial charge in [-0.1, -0.05) is 30.3 Å². The molecule has 16 rings (SSSR count). The van der Waals surface area contributed by atoms with Crippen molar-refractivity contribution in [2.24, 2.45) is 4.99 Å². The van der Waals surface area contributed by atoms with Crippen LogP contribution in [0.3, 0.4) is 0 Å². The van der Waals surface area contributed by atoms with Crippen LogP contribution in [-0.2, 0) is 136 Å². The minimum Gasteiger partial charge on any atom is -0.309 e. The third-order valence-corrected chi connectivity index (χ3v) is 16.8. The van der Waals surface area contributed by atoms with Gasteiger partial charge in [0.05, 0.1) is 11.4 Å². The normalized spacial score (nSPS) is 10.9. The van der Waals surface area contributed by atoms with Gasteiger partial charge in [-0.05, 0) is 168 Å². The Morgan fingerprint density at radius 3 is 1.04 bits per heavy atom. The van der Waals surface area contributed by atoms with Gasteiger partial charge in [0, 0.05) is 76.0 Å². The molecule has 0 spiro atoms. The van der Waals surface area contributed by atoms with E-state index in [4.69, 9.17) is 19.9 Å². The number of benzene rings is 8. The molecule has 0 atom stereocenters. The van der Waals surface area contributed by atoms with Crippen molar-refractivity contribution in [3.05, 3.63) is 453 Å². The first-order valence-electron chi connectivity index (χ1n) is 34.6. The van der Waals surface area contributed by atoms with Gasteiger partial charge >= 0.3 is 84.3 Å². The number of hydrogen-bond donors (Lipinski definition) is 0. The molecule has 15 aromatic rings. The summed E-state index contributed by atoms with van der Waals surface area (Å²) in [5.41, 5.74) is 25.7. The molecular weight excluding hydrogens is 2040 g/mol. The van der Waals surface area contributed by atoms with Crippen molar-refractivity contribution in [2.45, 2.75) is 78.6 Å². The fourth-order valence-electron chi connectivity index (χ4n) is 12.0. The average molecular weight is 2120 g/mol. The number of allylic oxidation sites excluding steroid dienone is 1. The molecular formula is C92H75N11Pt4. The van der Waals surface area contributed by atoms with Crippen LogP contribution in [0.1, 0.15) is 119 Å². The average Bonchev–Trinajstić information content (AvgIpc) is 1.74. The van der Waals surface area contributed by atoms with Crippen LogP contribution in [0.2, 0.25) is 0 Å². The van der Waals surface area contributed by atoms with E-state index in [1.165, 1.54) is 0 Å². The molecule has 538 valence electrons. The predicted octanol–water partition coefficient (Wildman–Crippen LogP) is 17.6. The first kappa shape index (κ1) is 81.2. The Balaban J connectivity index is 0.000000163. The summed E-state index contributed by atoms with van der Waals surface area (Å²) in [5.74, 6) is 0. The molecule has 0 radical (unpaired) electrons. The maximum absolute atomic E-state index is 4.82. The van der Waals surface area contributed by atoms with Crippen LogP contribution in [0, 0.1) is 69.3 Å². The SMILES string of the molecule is Cc1cc(C)n(-c2[c-]c(Cc3cccc(Cc4[c-]cccc4)n3)ccc2)n1.Cc1ccn(-c2[c-]c(Cc3cccc(Cc4[c-]cccc4)n3)ccc2)n1.[Pt+2].[Pt+2].[Pt+2].[Pt+2].[c-]1ccccc1Cc1cccc(Cc2[c-]c(-n3cccn3)ccc2)n1.[c-]1ccccc1Cc1cccc(Cc2[c-]c(C3=NC=CC3)ccc2)n1. The van der Waals surface area contributed by atoms with Crippen LogP contribution in [0.25, 0.3) is 17.1 Å². The van der Waals surface area contributed by atoms with Crippen molar-refractivity contribution < 1.29 is 84.3 Å². The summed E-state index contributed by atoms with van der Waals surface area (Å²) < 4.78 is 5.61. The Bertz CT molecular complexity index is 5260. The third kappa shape index (κ3) is 24.9. The van der Waals surface area contributed by atoms with Crippen molar-refractivity contribution in [2.75, 3.05) is 0 Å². The number of aliphatic imine (C=N–C) groups is 1. The van der Waals surface area contributed by atoms with Crippen molar-refractivity contribution in [3.8, 4) is 17.1 Å². The summed E-state index contributed by atoms with van der Waals surface area (Å²) in [6, 6.07) is 115. The van der Waals surface area contributed by atoms with Crippen LogP contribution >= 0.6 is 0 Å². The van der Waals surface area contributed by atoms with Gasteiger partial charge in [0.2, 0.25) is 0 Å². The molecule has 0 aliphatic carbocycles. The maximum Gasteiger partial charge on any atom is 2.00 e. The fourth-order valence-corrected chi connectivity index (χ4v) is 12.0. The summed E-state index contributed by atoms with van der Waals surface area (Å²) in [6.07, 6.45) is 16.7. The van der Waals surface area contributed by atoms with Crippen LogP contribution in [0.5, 0.6) is 0 Å². The van der Waals surface area contributed by atoms with Gasteiger partial charge in [-0.2, -0.15) is 230 Å². The smallest absolute Gasteiger partial charge is 0.309 e. The van der Waals surface area contributed by atoms with Gasteiger partial charge in [0.15, 0.2) is 0 Å². The van der Waals surface area contributed by atoms with E-state index in [0.717, 1.165) is 193 Å². The van der Waals surface area contributed by atoms with Crippen molar-refractivity contribution in [1.82, 2.24) is 49.3 Å². The summed E-state index contributed by atoms with van der Waals surface area (Å²) >= 11 is 0. The number of rotatable bonds is 20. The zero-order chi connectivity index (χ0) is 70.2. The first-order chi connectivity index (χ1) is 50.7. The largest absolute Gasteiger partial charge is 2.00 e. The number of aryl methyl sites for hydroxylation is 3. The second kappa shape index (κ2) is 41.9. The quantitative estimate of drug-likeness (QED) is 0.0698. The van der Waals surface area contributed by atoms with Crippen LogP contribution in [0.15, 0.2) is 297 Å². The van der Waals surface area contributed by atoms with Gasteiger partial charge in [0.1, 0.15) is 0 Å². The fraction of sp³-hybridized carbons (Fsp3) is 0.130. The molecule has 7 aromatic heterocycles. The Labute approximate surface area is 686 Å². The molecule has 11 nitrogen and oxygen atoms in total. The van der Waals surface area contributed by atoms with E-state index in [2.05, 4.69) is 227 Å². The number of pyridine rings is 4. The molecule has 0 amide bonds. The van der Waals surface area contributed by atoms with E-state index < -0.39 is 0 Å². The standard InChI is InChI=1S/C24H21N3.C23H19N3.C23H18N2.C22H17N3.4Pt/c1-18-14-19(2)27(26-18)24-13-6-10-21(17-24)16-23-12-7-11-22(25-23)15-20-8-4-3-5-9-20;1-18-13-14-26(25-18)23-12-5-9-20(17-23)16-22-11-6-10-21(24-22)15-19-7-3-2-4-8-19;1-2-7-18(8-3-1)16-21-11-5-12-22(25-21)17-19-9-4-10-20(15-19)23-13-6-14-24-23;1-2-7-18(8-3-1)15-20-10-5-11-21(24-20)16-19-9-4-12-22(17-19)25-14-6-13-23-25;;;;/h3-8,10-14H,15-16H2,1-2H3;2-7,9-14H,15-16H2,1H3;1-7,9-12,14H,13,16-17H2;1-7,9-14H,15-16H2;;;;/q4*-2;4*+2. The van der Waals surface area contributed by atoms with Gasteiger partial charge in [-0.15, -0.1) is 53.6 Å². The van der Waals surface area contributed by atoms with Gasteiger partial charge < -0.3 is 4.99 Å². The Kier molecular flexibility index (Phi) is 31.8. The molecule has 107 heavy (non-hydrogen) atoms. The van der Waals surface area contributed by atoms with E-state index in [0.29, 0.717) is 0 Å². The van der Waals surface area contributed by atoms with E-state index in [9.17, 15) is 0 Å². The molecule has 8 heterocycles. The molecule has 0 N–H and O–H groups in total. The Hall–Kier alpha value is -9.85. The second-order valence-corrected chi connectivity index (χ2v) is 25.1. The van der Waals surface area contributed by atoms with Gasteiger partial charge in [-0.3, -0.25) is 34.0 Å². The summed E-state index contributed by atoms with van der Waals surface area (Å²) in [4.78, 5) is 23.6. The zero-order valence-electron chi connectivity index (χ0n) is 59.3.